The van der Waals surface area contributed by atoms with Crippen LogP contribution in [-0.2, 0) is 9.47 Å². The first-order chi connectivity index (χ1) is 13.2. The lowest BCUT2D eigenvalue weighted by Crippen LogP contribution is -2.38. The van der Waals surface area contributed by atoms with Crippen molar-refractivity contribution in [2.45, 2.75) is 38.3 Å². The number of ether oxygens (including phenoxy) is 2. The summed E-state index contributed by atoms with van der Waals surface area (Å²) in [5.74, 6) is 0.861. The average molecular weight is 504 g/mol. The van der Waals surface area contributed by atoms with E-state index in [1.807, 2.05) is 6.07 Å². The Balaban J connectivity index is 0.00000392. The molecule has 0 amide bonds. The van der Waals surface area contributed by atoms with E-state index in [4.69, 9.17) is 14.5 Å². The highest BCUT2D eigenvalue weighted by molar-refractivity contribution is 14.0. The maximum absolute atomic E-state index is 5.71. The Morgan fingerprint density at radius 1 is 1.29 bits per heavy atom. The van der Waals surface area contributed by atoms with E-state index in [9.17, 15) is 0 Å². The van der Waals surface area contributed by atoms with Crippen LogP contribution in [0.2, 0.25) is 0 Å². The summed E-state index contributed by atoms with van der Waals surface area (Å²) in [7, 11) is 4.19. The predicted octanol–water partition coefficient (Wildman–Crippen LogP) is 3.05. The van der Waals surface area contributed by atoms with E-state index >= 15 is 0 Å². The summed E-state index contributed by atoms with van der Waals surface area (Å²) in [5.41, 5.74) is 1.28. The summed E-state index contributed by atoms with van der Waals surface area (Å²) in [6.45, 7) is 6.83. The molecule has 1 aliphatic rings. The number of aliphatic imine (C=N–C) groups is 1. The Hall–Kier alpha value is -0.900. The lowest BCUT2D eigenvalue weighted by molar-refractivity contribution is 0.0168. The molecule has 1 saturated heterocycles. The topological polar surface area (TPSA) is 58.1 Å². The predicted molar refractivity (Wildman–Crippen MR) is 127 cm³/mol. The van der Waals surface area contributed by atoms with Gasteiger partial charge in [-0.2, -0.15) is 0 Å². The maximum Gasteiger partial charge on any atom is 0.191 e. The van der Waals surface area contributed by atoms with Crippen LogP contribution in [0.3, 0.4) is 0 Å². The highest BCUT2D eigenvalue weighted by atomic mass is 127. The fourth-order valence-electron chi connectivity index (χ4n) is 3.13. The molecule has 2 N–H and O–H groups in total. The zero-order valence-electron chi connectivity index (χ0n) is 17.5. The van der Waals surface area contributed by atoms with Crippen molar-refractivity contribution in [1.29, 1.82) is 0 Å². The third-order valence-electron chi connectivity index (χ3n) is 4.66. The SMILES string of the molecule is CCNC(=NCC(c1ccccc1)N(C)C)NCCCOCC1CCCO1.I. The quantitative estimate of drug-likeness (QED) is 0.210. The third-order valence-corrected chi connectivity index (χ3v) is 4.66. The fraction of sp³-hybridized carbons (Fsp3) is 0.667. The van der Waals surface area contributed by atoms with Gasteiger partial charge in [0.25, 0.3) is 0 Å². The summed E-state index contributed by atoms with van der Waals surface area (Å²) in [4.78, 5) is 6.99. The van der Waals surface area contributed by atoms with Crippen LogP contribution in [0.25, 0.3) is 0 Å². The maximum atomic E-state index is 5.71. The highest BCUT2D eigenvalue weighted by Crippen LogP contribution is 2.18. The standard InChI is InChI=1S/C21H36N4O2.HI/c1-4-22-21(23-13-9-14-26-17-19-12-8-15-27-19)24-16-20(25(2)3)18-10-6-5-7-11-18;/h5-7,10-11,19-20H,4,8-9,12-17H2,1-3H3,(H2,22,23,24);1H. The zero-order chi connectivity index (χ0) is 19.3. The molecule has 2 atom stereocenters. The molecule has 1 aromatic carbocycles. The molecule has 2 rings (SSSR count). The van der Waals surface area contributed by atoms with Gasteiger partial charge in [-0.15, -0.1) is 24.0 Å². The van der Waals surface area contributed by atoms with Gasteiger partial charge in [0, 0.05) is 26.3 Å². The number of guanidine groups is 1. The van der Waals surface area contributed by atoms with Crippen molar-refractivity contribution in [3.8, 4) is 0 Å². The second-order valence-corrected chi connectivity index (χ2v) is 7.10. The molecule has 0 saturated carbocycles. The summed E-state index contributed by atoms with van der Waals surface area (Å²) < 4.78 is 11.3. The molecule has 0 bridgehead atoms. The third kappa shape index (κ3) is 9.54. The van der Waals surface area contributed by atoms with Gasteiger partial charge in [-0.05, 0) is 45.8 Å². The minimum atomic E-state index is 0. The molecule has 7 heteroatoms. The number of hydrogen-bond donors (Lipinski definition) is 2. The van der Waals surface area contributed by atoms with Crippen LogP contribution >= 0.6 is 24.0 Å². The van der Waals surface area contributed by atoms with Crippen LogP contribution in [-0.4, -0.2) is 70.5 Å². The Morgan fingerprint density at radius 2 is 2.07 bits per heavy atom. The molecule has 28 heavy (non-hydrogen) atoms. The van der Waals surface area contributed by atoms with Crippen molar-refractivity contribution in [3.63, 3.8) is 0 Å². The lowest BCUT2D eigenvalue weighted by Gasteiger charge is -2.23. The van der Waals surface area contributed by atoms with E-state index in [0.29, 0.717) is 12.6 Å². The second kappa shape index (κ2) is 15.0. The molecule has 6 nitrogen and oxygen atoms in total. The summed E-state index contributed by atoms with van der Waals surface area (Å²) >= 11 is 0. The smallest absolute Gasteiger partial charge is 0.191 e. The van der Waals surface area contributed by atoms with Gasteiger partial charge < -0.3 is 25.0 Å². The summed E-state index contributed by atoms with van der Waals surface area (Å²) in [5, 5.41) is 6.73. The second-order valence-electron chi connectivity index (χ2n) is 7.10. The van der Waals surface area contributed by atoms with E-state index in [-0.39, 0.29) is 30.0 Å². The summed E-state index contributed by atoms with van der Waals surface area (Å²) in [6, 6.07) is 10.8. The van der Waals surface area contributed by atoms with Crippen LogP contribution in [0, 0.1) is 0 Å². The number of likely N-dealkylation sites (N-methyl/N-ethyl adjacent to an activating group) is 1. The monoisotopic (exact) mass is 504 g/mol. The fourth-order valence-corrected chi connectivity index (χ4v) is 3.13. The van der Waals surface area contributed by atoms with Gasteiger partial charge >= 0.3 is 0 Å². The van der Waals surface area contributed by atoms with Gasteiger partial charge in [0.1, 0.15) is 0 Å². The van der Waals surface area contributed by atoms with Crippen molar-refractivity contribution in [2.24, 2.45) is 4.99 Å². The summed E-state index contributed by atoms with van der Waals surface area (Å²) in [6.07, 6.45) is 3.55. The first kappa shape index (κ1) is 25.1. The van der Waals surface area contributed by atoms with Gasteiger partial charge in [-0.25, -0.2) is 0 Å². The van der Waals surface area contributed by atoms with Crippen LogP contribution < -0.4 is 10.6 Å². The number of hydrogen-bond acceptors (Lipinski definition) is 4. The van der Waals surface area contributed by atoms with Gasteiger partial charge in [0.15, 0.2) is 5.96 Å². The van der Waals surface area contributed by atoms with Crippen molar-refractivity contribution >= 4 is 29.9 Å². The average Bonchev–Trinajstić information content (AvgIpc) is 3.18. The molecular formula is C21H37IN4O2. The number of halogens is 1. The van der Waals surface area contributed by atoms with Crippen LogP contribution in [0.15, 0.2) is 35.3 Å². The van der Waals surface area contributed by atoms with E-state index in [1.54, 1.807) is 0 Å². The van der Waals surface area contributed by atoms with Crippen LogP contribution in [0.5, 0.6) is 0 Å². The molecule has 1 aliphatic heterocycles. The van der Waals surface area contributed by atoms with Gasteiger partial charge in [0.05, 0.1) is 25.3 Å². The Kier molecular flexibility index (Phi) is 13.5. The molecule has 0 aliphatic carbocycles. The van der Waals surface area contributed by atoms with Crippen LogP contribution in [0.4, 0.5) is 0 Å². The minimum Gasteiger partial charge on any atom is -0.379 e. The number of nitrogens with one attached hydrogen (secondary N) is 2. The molecule has 160 valence electrons. The molecule has 1 aromatic rings. The molecule has 1 fully saturated rings. The molecule has 1 heterocycles. The molecule has 0 aromatic heterocycles. The first-order valence-electron chi connectivity index (χ1n) is 10.1. The Morgan fingerprint density at radius 3 is 2.71 bits per heavy atom. The van der Waals surface area contributed by atoms with E-state index in [2.05, 4.69) is 60.8 Å². The van der Waals surface area contributed by atoms with Crippen LogP contribution in [0.1, 0.15) is 37.8 Å². The van der Waals surface area contributed by atoms with Gasteiger partial charge in [-0.3, -0.25) is 4.99 Å². The number of benzene rings is 1. The first-order valence-corrected chi connectivity index (χ1v) is 10.1. The van der Waals surface area contributed by atoms with Gasteiger partial charge in [-0.1, -0.05) is 30.3 Å². The van der Waals surface area contributed by atoms with Crippen molar-refractivity contribution < 1.29 is 9.47 Å². The van der Waals surface area contributed by atoms with Gasteiger partial charge in [0.2, 0.25) is 0 Å². The normalized spacial score (nSPS) is 18.0. The number of rotatable bonds is 11. The van der Waals surface area contributed by atoms with Crippen molar-refractivity contribution in [1.82, 2.24) is 15.5 Å². The van der Waals surface area contributed by atoms with Crippen molar-refractivity contribution in [2.75, 3.05) is 53.6 Å². The van der Waals surface area contributed by atoms with E-state index in [0.717, 1.165) is 58.1 Å². The minimum absolute atomic E-state index is 0. The Bertz CT molecular complexity index is 536. The largest absolute Gasteiger partial charge is 0.379 e. The Labute approximate surface area is 187 Å². The highest BCUT2D eigenvalue weighted by Gasteiger charge is 2.15. The van der Waals surface area contributed by atoms with Crippen molar-refractivity contribution in [3.05, 3.63) is 35.9 Å². The molecule has 2 unspecified atom stereocenters. The molecular weight excluding hydrogens is 467 g/mol. The molecule has 0 radical (unpaired) electrons. The van der Waals surface area contributed by atoms with E-state index < -0.39 is 0 Å². The van der Waals surface area contributed by atoms with E-state index in [1.165, 1.54) is 5.56 Å². The lowest BCUT2D eigenvalue weighted by atomic mass is 10.1. The molecule has 0 spiro atoms. The number of nitrogens with zero attached hydrogens (tertiary/aromatic N) is 2. The zero-order valence-corrected chi connectivity index (χ0v) is 19.9.